The Morgan fingerprint density at radius 3 is 2.95 bits per heavy atom. The van der Waals surface area contributed by atoms with Crippen LogP contribution in [0.25, 0.3) is 0 Å². The smallest absolute Gasteiger partial charge is 0.305 e. The number of esters is 1. The molecule has 0 amide bonds. The van der Waals surface area contributed by atoms with Crippen LogP contribution in [0.5, 0.6) is 0 Å². The zero-order valence-electron chi connectivity index (χ0n) is 11.5. The fourth-order valence-electron chi connectivity index (χ4n) is 1.70. The van der Waals surface area contributed by atoms with Crippen molar-refractivity contribution in [3.8, 4) is 0 Å². The highest BCUT2D eigenvalue weighted by atomic mass is 32.1. The molecule has 0 bridgehead atoms. The molecule has 1 N–H and O–H groups in total. The molecule has 0 saturated heterocycles. The zero-order valence-corrected chi connectivity index (χ0v) is 12.4. The second-order valence-electron chi connectivity index (χ2n) is 4.34. The number of aryl methyl sites for hydroxylation is 2. The molecule has 0 saturated carbocycles. The average Bonchev–Trinajstić information content (AvgIpc) is 2.90. The molecule has 0 aromatic carbocycles. The number of ether oxygens (including phenoxy) is 1. The Morgan fingerprint density at radius 1 is 1.35 bits per heavy atom. The van der Waals surface area contributed by atoms with Gasteiger partial charge in [-0.25, -0.2) is 4.98 Å². The van der Waals surface area contributed by atoms with Crippen molar-refractivity contribution in [2.24, 2.45) is 0 Å². The molecule has 0 fully saturated rings. The van der Waals surface area contributed by atoms with E-state index in [-0.39, 0.29) is 5.97 Å². The number of methoxy groups -OCH3 is 1. The molecule has 2 rings (SSSR count). The van der Waals surface area contributed by atoms with Gasteiger partial charge in [-0.1, -0.05) is 6.07 Å². The lowest BCUT2D eigenvalue weighted by molar-refractivity contribution is -0.140. The highest BCUT2D eigenvalue weighted by Crippen LogP contribution is 2.17. The summed E-state index contributed by atoms with van der Waals surface area (Å²) in [7, 11) is 1.39. The molecule has 2 aromatic rings. The summed E-state index contributed by atoms with van der Waals surface area (Å²) >= 11 is 1.53. The molecule has 0 unspecified atom stereocenters. The van der Waals surface area contributed by atoms with E-state index in [0.717, 1.165) is 22.2 Å². The van der Waals surface area contributed by atoms with Gasteiger partial charge in [0.25, 0.3) is 0 Å². The second kappa shape index (κ2) is 7.00. The van der Waals surface area contributed by atoms with E-state index in [0.29, 0.717) is 19.4 Å². The van der Waals surface area contributed by atoms with Crippen LogP contribution < -0.4 is 5.32 Å². The number of nitrogens with one attached hydrogen (secondary N) is 1. The van der Waals surface area contributed by atoms with Gasteiger partial charge < -0.3 is 10.1 Å². The van der Waals surface area contributed by atoms with Crippen LogP contribution in [0.15, 0.2) is 23.6 Å². The van der Waals surface area contributed by atoms with Crippen molar-refractivity contribution in [3.05, 3.63) is 40.7 Å². The van der Waals surface area contributed by atoms with Gasteiger partial charge in [-0.05, 0) is 19.1 Å². The normalized spacial score (nSPS) is 10.3. The first kappa shape index (κ1) is 14.5. The largest absolute Gasteiger partial charge is 0.469 e. The van der Waals surface area contributed by atoms with Crippen molar-refractivity contribution >= 4 is 22.4 Å². The number of rotatable bonds is 6. The van der Waals surface area contributed by atoms with E-state index in [1.165, 1.54) is 18.4 Å². The Kier molecular flexibility index (Phi) is 5.06. The van der Waals surface area contributed by atoms with E-state index < -0.39 is 0 Å². The van der Waals surface area contributed by atoms with Gasteiger partial charge in [0.15, 0.2) is 5.13 Å². The molecule has 106 valence electrons. The molecule has 0 atom stereocenters. The van der Waals surface area contributed by atoms with Gasteiger partial charge in [0, 0.05) is 17.5 Å². The third-order valence-corrected chi connectivity index (χ3v) is 3.58. The standard InChI is InChI=1S/C14H17N3O2S/c1-10-4-3-5-11(16-10)8-15-14-17-12(9-20-14)6-7-13(18)19-2/h3-5,9H,6-8H2,1-2H3,(H,15,17). The van der Waals surface area contributed by atoms with Gasteiger partial charge in [0.1, 0.15) is 0 Å². The summed E-state index contributed by atoms with van der Waals surface area (Å²) in [5.74, 6) is -0.212. The maximum atomic E-state index is 11.1. The maximum absolute atomic E-state index is 11.1. The van der Waals surface area contributed by atoms with E-state index >= 15 is 0 Å². The van der Waals surface area contributed by atoms with Gasteiger partial charge in [-0.2, -0.15) is 0 Å². The molecule has 0 aliphatic rings. The molecule has 2 heterocycles. The van der Waals surface area contributed by atoms with E-state index in [1.54, 1.807) is 0 Å². The number of aromatic nitrogens is 2. The van der Waals surface area contributed by atoms with Crippen molar-refractivity contribution in [2.45, 2.75) is 26.3 Å². The van der Waals surface area contributed by atoms with Crippen molar-refractivity contribution < 1.29 is 9.53 Å². The fourth-order valence-corrected chi connectivity index (χ4v) is 2.44. The Morgan fingerprint density at radius 2 is 2.20 bits per heavy atom. The minimum absolute atomic E-state index is 0.212. The van der Waals surface area contributed by atoms with Gasteiger partial charge >= 0.3 is 5.97 Å². The summed E-state index contributed by atoms with van der Waals surface area (Å²) in [5.41, 5.74) is 2.89. The molecule has 0 spiro atoms. The molecule has 20 heavy (non-hydrogen) atoms. The first-order valence-corrected chi connectivity index (χ1v) is 7.23. The zero-order chi connectivity index (χ0) is 14.4. The summed E-state index contributed by atoms with van der Waals surface area (Å²) in [5, 5.41) is 6.03. The van der Waals surface area contributed by atoms with Gasteiger partial charge in [0.05, 0.1) is 31.5 Å². The SMILES string of the molecule is COC(=O)CCc1csc(NCc2cccc(C)n2)n1. The van der Waals surface area contributed by atoms with Crippen molar-refractivity contribution in [2.75, 3.05) is 12.4 Å². The van der Waals surface area contributed by atoms with Crippen LogP contribution in [-0.4, -0.2) is 23.0 Å². The molecule has 6 heteroatoms. The highest BCUT2D eigenvalue weighted by molar-refractivity contribution is 7.13. The highest BCUT2D eigenvalue weighted by Gasteiger charge is 2.06. The lowest BCUT2D eigenvalue weighted by atomic mass is 10.2. The van der Waals surface area contributed by atoms with Crippen LogP contribution in [0.3, 0.4) is 0 Å². The lowest BCUT2D eigenvalue weighted by Gasteiger charge is -2.02. The van der Waals surface area contributed by atoms with Gasteiger partial charge in [-0.3, -0.25) is 9.78 Å². The summed E-state index contributed by atoms with van der Waals surface area (Å²) < 4.78 is 4.61. The number of carbonyl (C=O) groups is 1. The molecular weight excluding hydrogens is 274 g/mol. The molecule has 0 aliphatic carbocycles. The summed E-state index contributed by atoms with van der Waals surface area (Å²) in [6.45, 7) is 2.61. The molecule has 0 aliphatic heterocycles. The van der Waals surface area contributed by atoms with Crippen LogP contribution in [-0.2, 0) is 22.5 Å². The first-order chi connectivity index (χ1) is 9.67. The van der Waals surface area contributed by atoms with Crippen LogP contribution >= 0.6 is 11.3 Å². The Hall–Kier alpha value is -1.95. The van der Waals surface area contributed by atoms with E-state index in [2.05, 4.69) is 20.0 Å². The Labute approximate surface area is 122 Å². The number of nitrogens with zero attached hydrogens (tertiary/aromatic N) is 2. The summed E-state index contributed by atoms with van der Waals surface area (Å²) in [4.78, 5) is 19.9. The quantitative estimate of drug-likeness (QED) is 0.829. The third-order valence-electron chi connectivity index (χ3n) is 2.73. The number of hydrogen-bond donors (Lipinski definition) is 1. The molecular formula is C14H17N3O2S. The molecule has 0 radical (unpaired) electrons. The van der Waals surface area contributed by atoms with Gasteiger partial charge in [0.2, 0.25) is 0 Å². The molecule has 2 aromatic heterocycles. The predicted molar refractivity (Wildman–Crippen MR) is 78.8 cm³/mol. The number of carbonyl (C=O) groups excluding carboxylic acids is 1. The van der Waals surface area contributed by atoms with Crippen LogP contribution in [0, 0.1) is 6.92 Å². The summed E-state index contributed by atoms with van der Waals surface area (Å²) in [6, 6.07) is 5.94. The fraction of sp³-hybridized carbons (Fsp3) is 0.357. The minimum atomic E-state index is -0.212. The van der Waals surface area contributed by atoms with E-state index in [9.17, 15) is 4.79 Å². The monoisotopic (exact) mass is 291 g/mol. The van der Waals surface area contributed by atoms with E-state index in [4.69, 9.17) is 0 Å². The van der Waals surface area contributed by atoms with Crippen molar-refractivity contribution in [1.82, 2.24) is 9.97 Å². The van der Waals surface area contributed by atoms with Crippen molar-refractivity contribution in [3.63, 3.8) is 0 Å². The average molecular weight is 291 g/mol. The number of anilines is 1. The topological polar surface area (TPSA) is 64.1 Å². The van der Waals surface area contributed by atoms with E-state index in [1.807, 2.05) is 30.5 Å². The Balaban J connectivity index is 1.85. The Bertz CT molecular complexity index is 583. The maximum Gasteiger partial charge on any atom is 0.305 e. The number of thiazole rings is 1. The predicted octanol–water partition coefficient (Wildman–Crippen LogP) is 2.56. The van der Waals surface area contributed by atoms with Crippen LogP contribution in [0.2, 0.25) is 0 Å². The first-order valence-electron chi connectivity index (χ1n) is 6.35. The number of hydrogen-bond acceptors (Lipinski definition) is 6. The summed E-state index contributed by atoms with van der Waals surface area (Å²) in [6.07, 6.45) is 0.965. The van der Waals surface area contributed by atoms with Crippen LogP contribution in [0.1, 0.15) is 23.5 Å². The third kappa shape index (κ3) is 4.31. The van der Waals surface area contributed by atoms with Gasteiger partial charge in [-0.15, -0.1) is 11.3 Å². The van der Waals surface area contributed by atoms with Crippen LogP contribution in [0.4, 0.5) is 5.13 Å². The van der Waals surface area contributed by atoms with Crippen molar-refractivity contribution in [1.29, 1.82) is 0 Å². The second-order valence-corrected chi connectivity index (χ2v) is 5.20. The number of pyridine rings is 1. The lowest BCUT2D eigenvalue weighted by Crippen LogP contribution is -2.03. The molecule has 5 nitrogen and oxygen atoms in total. The minimum Gasteiger partial charge on any atom is -0.469 e.